The van der Waals surface area contributed by atoms with Crippen LogP contribution in [0.5, 0.6) is 0 Å². The molecule has 0 N–H and O–H groups in total. The molecule has 2 aliphatic rings. The average molecular weight is 328 g/mol. The van der Waals surface area contributed by atoms with Crippen molar-refractivity contribution in [3.8, 4) is 0 Å². The van der Waals surface area contributed by atoms with Crippen molar-refractivity contribution < 1.29 is 19.1 Å². The highest BCUT2D eigenvalue weighted by Crippen LogP contribution is 2.63. The average Bonchev–Trinajstić information content (AvgIpc) is 3.04. The van der Waals surface area contributed by atoms with Crippen molar-refractivity contribution in [2.24, 2.45) is 16.7 Å². The Bertz CT molecular complexity index is 671. The molecule has 2 atom stereocenters. The van der Waals surface area contributed by atoms with Crippen molar-refractivity contribution in [2.45, 2.75) is 32.6 Å². The monoisotopic (exact) mass is 328 g/mol. The number of fused-ring (bicyclic) bond motifs is 1. The summed E-state index contributed by atoms with van der Waals surface area (Å²) in [6, 6.07) is 9.73. The Hall–Kier alpha value is -2.10. The second kappa shape index (κ2) is 5.76. The number of hydrogen-bond acceptors (Lipinski definition) is 4. The van der Waals surface area contributed by atoms with Gasteiger partial charge in [0, 0.05) is 11.8 Å². The van der Waals surface area contributed by atoms with Crippen LogP contribution < -0.4 is 0 Å². The van der Waals surface area contributed by atoms with Gasteiger partial charge in [0.2, 0.25) is 0 Å². The zero-order valence-corrected chi connectivity index (χ0v) is 14.7. The molecule has 1 fully saturated rings. The van der Waals surface area contributed by atoms with Crippen LogP contribution in [-0.2, 0) is 19.1 Å². The normalized spacial score (nSPS) is 26.4. The van der Waals surface area contributed by atoms with Crippen LogP contribution in [0.15, 0.2) is 42.0 Å². The highest BCUT2D eigenvalue weighted by Gasteiger charge is 2.66. The zero-order valence-electron chi connectivity index (χ0n) is 14.7. The van der Waals surface area contributed by atoms with Gasteiger partial charge in [0.15, 0.2) is 5.41 Å². The topological polar surface area (TPSA) is 52.6 Å². The molecule has 0 heterocycles. The number of methoxy groups -OCH3 is 2. The van der Waals surface area contributed by atoms with E-state index in [9.17, 15) is 9.59 Å². The van der Waals surface area contributed by atoms with E-state index in [1.165, 1.54) is 19.8 Å². The lowest BCUT2D eigenvalue weighted by molar-refractivity contribution is -0.173. The summed E-state index contributed by atoms with van der Waals surface area (Å²) in [7, 11) is 2.69. The summed E-state index contributed by atoms with van der Waals surface area (Å²) in [5.74, 6) is -1.41. The lowest BCUT2D eigenvalue weighted by atomic mass is 9.67. The number of carbonyl (C=O) groups excluding carboxylic acids is 2. The van der Waals surface area contributed by atoms with Crippen LogP contribution in [-0.4, -0.2) is 26.2 Å². The van der Waals surface area contributed by atoms with Crippen LogP contribution in [0.3, 0.4) is 0 Å². The van der Waals surface area contributed by atoms with Gasteiger partial charge in [0.1, 0.15) is 0 Å². The van der Waals surface area contributed by atoms with Crippen LogP contribution in [0.2, 0.25) is 0 Å². The van der Waals surface area contributed by atoms with E-state index in [-0.39, 0.29) is 17.3 Å². The molecular weight excluding hydrogens is 304 g/mol. The first-order chi connectivity index (χ1) is 11.4. The summed E-state index contributed by atoms with van der Waals surface area (Å²) in [6.45, 7) is 4.27. The third kappa shape index (κ3) is 2.27. The van der Waals surface area contributed by atoms with Gasteiger partial charge < -0.3 is 9.47 Å². The van der Waals surface area contributed by atoms with Crippen molar-refractivity contribution >= 4 is 11.9 Å². The first-order valence-corrected chi connectivity index (χ1v) is 8.30. The summed E-state index contributed by atoms with van der Waals surface area (Å²) in [5.41, 5.74) is 0.811. The summed E-state index contributed by atoms with van der Waals surface area (Å²) in [6.07, 6.45) is 3.65. The Morgan fingerprint density at radius 1 is 1.00 bits per heavy atom. The largest absolute Gasteiger partial charge is 0.468 e. The van der Waals surface area contributed by atoms with Crippen LogP contribution in [0, 0.1) is 16.7 Å². The third-order valence-electron chi connectivity index (χ3n) is 5.54. The van der Waals surface area contributed by atoms with Crippen LogP contribution in [0.1, 0.15) is 38.2 Å². The van der Waals surface area contributed by atoms with Gasteiger partial charge in [-0.3, -0.25) is 9.59 Å². The minimum Gasteiger partial charge on any atom is -0.468 e. The fraction of sp³-hybridized carbons (Fsp3) is 0.500. The summed E-state index contributed by atoms with van der Waals surface area (Å²) in [5, 5.41) is 0. The fourth-order valence-corrected chi connectivity index (χ4v) is 4.67. The van der Waals surface area contributed by atoms with E-state index in [2.05, 4.69) is 19.9 Å². The van der Waals surface area contributed by atoms with E-state index in [0.29, 0.717) is 6.42 Å². The summed E-state index contributed by atoms with van der Waals surface area (Å²) in [4.78, 5) is 25.8. The molecule has 0 bridgehead atoms. The molecule has 2 aliphatic carbocycles. The lowest BCUT2D eigenvalue weighted by Crippen LogP contribution is -2.48. The summed E-state index contributed by atoms with van der Waals surface area (Å²) >= 11 is 0. The van der Waals surface area contributed by atoms with Gasteiger partial charge in [0.25, 0.3) is 0 Å². The first kappa shape index (κ1) is 16.7. The highest BCUT2D eigenvalue weighted by atomic mass is 16.5. The second-order valence-corrected chi connectivity index (χ2v) is 7.48. The molecule has 0 aliphatic heterocycles. The number of hydrogen-bond donors (Lipinski definition) is 0. The van der Waals surface area contributed by atoms with Crippen molar-refractivity contribution in [2.75, 3.05) is 14.2 Å². The van der Waals surface area contributed by atoms with Gasteiger partial charge in [-0.15, -0.1) is 0 Å². The smallest absolute Gasteiger partial charge is 0.324 e. The van der Waals surface area contributed by atoms with Crippen molar-refractivity contribution in [1.82, 2.24) is 0 Å². The molecule has 3 rings (SSSR count). The van der Waals surface area contributed by atoms with Gasteiger partial charge in [0.05, 0.1) is 14.2 Å². The Kier molecular flexibility index (Phi) is 4.02. The minimum atomic E-state index is -1.30. The maximum atomic E-state index is 12.9. The number of rotatable bonds is 3. The maximum absolute atomic E-state index is 12.9. The molecule has 0 unspecified atom stereocenters. The SMILES string of the molecule is COC(=O)C1(C(=O)OC)[C@@H](c2ccccc2)CC2=CC(C)(C)C[C@@H]21. The third-order valence-corrected chi connectivity index (χ3v) is 5.54. The fourth-order valence-electron chi connectivity index (χ4n) is 4.67. The molecule has 0 amide bonds. The zero-order chi connectivity index (χ0) is 17.5. The van der Waals surface area contributed by atoms with E-state index in [1.807, 2.05) is 30.3 Å². The number of ether oxygens (including phenoxy) is 2. The number of carbonyl (C=O) groups is 2. The van der Waals surface area contributed by atoms with Gasteiger partial charge in [-0.1, -0.05) is 55.8 Å². The molecule has 1 aromatic rings. The molecule has 4 nitrogen and oxygen atoms in total. The molecule has 0 aromatic heterocycles. The Labute approximate surface area is 142 Å². The van der Waals surface area contributed by atoms with Gasteiger partial charge in [-0.2, -0.15) is 0 Å². The highest BCUT2D eigenvalue weighted by molar-refractivity contribution is 6.03. The number of benzene rings is 1. The van der Waals surface area contributed by atoms with E-state index in [1.54, 1.807) is 0 Å². The molecule has 0 spiro atoms. The first-order valence-electron chi connectivity index (χ1n) is 8.30. The van der Waals surface area contributed by atoms with Crippen LogP contribution in [0.4, 0.5) is 0 Å². The molecule has 24 heavy (non-hydrogen) atoms. The van der Waals surface area contributed by atoms with E-state index < -0.39 is 17.4 Å². The molecular formula is C20H24O4. The molecule has 1 saturated carbocycles. The van der Waals surface area contributed by atoms with Gasteiger partial charge in [-0.25, -0.2) is 0 Å². The van der Waals surface area contributed by atoms with E-state index in [0.717, 1.165) is 12.0 Å². The lowest BCUT2D eigenvalue weighted by Gasteiger charge is -2.35. The predicted octanol–water partition coefficient (Wildman–Crippen LogP) is 3.48. The predicted molar refractivity (Wildman–Crippen MR) is 90.2 cm³/mol. The Morgan fingerprint density at radius 2 is 1.58 bits per heavy atom. The number of esters is 2. The van der Waals surface area contributed by atoms with Crippen molar-refractivity contribution in [3.63, 3.8) is 0 Å². The van der Waals surface area contributed by atoms with Crippen molar-refractivity contribution in [3.05, 3.63) is 47.5 Å². The Balaban J connectivity index is 2.20. The quantitative estimate of drug-likeness (QED) is 0.484. The second-order valence-electron chi connectivity index (χ2n) is 7.48. The molecule has 4 heteroatoms. The molecule has 0 radical (unpaired) electrons. The number of allylic oxidation sites excluding steroid dienone is 2. The van der Waals surface area contributed by atoms with Crippen LogP contribution >= 0.6 is 0 Å². The van der Waals surface area contributed by atoms with Gasteiger partial charge in [-0.05, 0) is 23.8 Å². The Morgan fingerprint density at radius 3 is 2.12 bits per heavy atom. The summed E-state index contributed by atoms with van der Waals surface area (Å²) < 4.78 is 10.2. The van der Waals surface area contributed by atoms with E-state index >= 15 is 0 Å². The van der Waals surface area contributed by atoms with Crippen molar-refractivity contribution in [1.29, 1.82) is 0 Å². The van der Waals surface area contributed by atoms with E-state index in [4.69, 9.17) is 9.47 Å². The molecule has 0 saturated heterocycles. The standard InChI is InChI=1S/C20H24O4/c1-19(2)11-14-10-15(13-8-6-5-7-9-13)20(16(14)12-19,17(21)23-3)18(22)24-4/h5-9,11,15-16H,10,12H2,1-4H3/t15-,16+/m1/s1. The van der Waals surface area contributed by atoms with Crippen LogP contribution in [0.25, 0.3) is 0 Å². The maximum Gasteiger partial charge on any atom is 0.324 e. The molecule has 128 valence electrons. The molecule has 1 aromatic carbocycles. The van der Waals surface area contributed by atoms with Gasteiger partial charge >= 0.3 is 11.9 Å². The minimum absolute atomic E-state index is 0.0328.